The van der Waals surface area contributed by atoms with Crippen LogP contribution in [0, 0.1) is 5.82 Å². The average Bonchev–Trinajstić information content (AvgIpc) is 3.52. The third-order valence-corrected chi connectivity index (χ3v) is 8.21. The summed E-state index contributed by atoms with van der Waals surface area (Å²) in [7, 11) is -4.04. The molecule has 182 valence electrons. The van der Waals surface area contributed by atoms with Crippen molar-refractivity contribution in [3.63, 3.8) is 0 Å². The molecule has 0 atom stereocenters. The molecule has 37 heavy (non-hydrogen) atoms. The Balaban J connectivity index is 1.66. The number of halogens is 2. The van der Waals surface area contributed by atoms with E-state index in [9.17, 15) is 12.8 Å². The van der Waals surface area contributed by atoms with Gasteiger partial charge in [0.05, 0.1) is 27.2 Å². The number of aromatic nitrogens is 4. The van der Waals surface area contributed by atoms with Gasteiger partial charge in [0.15, 0.2) is 5.82 Å². The molecule has 6 aromatic rings. The zero-order chi connectivity index (χ0) is 25.6. The van der Waals surface area contributed by atoms with Gasteiger partial charge in [-0.3, -0.25) is 0 Å². The molecule has 0 N–H and O–H groups in total. The SMILES string of the molecule is O=S(=O)(c1ccc(Br)cc1)n1c(-c2cn(-c3ccccc3)nc2-c2ccc(F)cc2)nc2ccccc21. The number of rotatable bonds is 5. The highest BCUT2D eigenvalue weighted by molar-refractivity contribution is 9.10. The van der Waals surface area contributed by atoms with Crippen LogP contribution in [-0.2, 0) is 10.0 Å². The summed E-state index contributed by atoms with van der Waals surface area (Å²) < 4.78 is 45.5. The van der Waals surface area contributed by atoms with Gasteiger partial charge in [0.1, 0.15) is 11.5 Å². The van der Waals surface area contributed by atoms with Crippen LogP contribution in [0.1, 0.15) is 0 Å². The molecule has 0 amide bonds. The summed E-state index contributed by atoms with van der Waals surface area (Å²) in [4.78, 5) is 4.87. The Bertz CT molecular complexity index is 1850. The molecule has 2 aromatic heterocycles. The molecular formula is C28H18BrFN4O2S. The lowest BCUT2D eigenvalue weighted by Crippen LogP contribution is -2.14. The Morgan fingerprint density at radius 2 is 1.46 bits per heavy atom. The smallest absolute Gasteiger partial charge is 0.240 e. The molecule has 0 spiro atoms. The Hall–Kier alpha value is -4.08. The molecule has 0 saturated heterocycles. The monoisotopic (exact) mass is 572 g/mol. The molecule has 6 nitrogen and oxygen atoms in total. The summed E-state index contributed by atoms with van der Waals surface area (Å²) >= 11 is 3.37. The van der Waals surface area contributed by atoms with Gasteiger partial charge in [0.2, 0.25) is 0 Å². The summed E-state index contributed by atoms with van der Waals surface area (Å²) in [6.45, 7) is 0. The maximum absolute atomic E-state index is 14.0. The first-order chi connectivity index (χ1) is 17.9. The van der Waals surface area contributed by atoms with Crippen molar-refractivity contribution in [3.8, 4) is 28.3 Å². The average molecular weight is 573 g/mol. The fourth-order valence-electron chi connectivity index (χ4n) is 4.20. The van der Waals surface area contributed by atoms with Gasteiger partial charge in [0, 0.05) is 16.2 Å². The molecule has 0 fully saturated rings. The van der Waals surface area contributed by atoms with Gasteiger partial charge >= 0.3 is 0 Å². The highest BCUT2D eigenvalue weighted by Gasteiger charge is 2.28. The van der Waals surface area contributed by atoms with E-state index in [-0.39, 0.29) is 16.5 Å². The zero-order valence-electron chi connectivity index (χ0n) is 19.2. The van der Waals surface area contributed by atoms with Crippen molar-refractivity contribution in [1.29, 1.82) is 0 Å². The van der Waals surface area contributed by atoms with Gasteiger partial charge in [-0.2, -0.15) is 5.10 Å². The van der Waals surface area contributed by atoms with Crippen LogP contribution >= 0.6 is 15.9 Å². The molecule has 9 heteroatoms. The number of hydrogen-bond acceptors (Lipinski definition) is 4. The van der Waals surface area contributed by atoms with Gasteiger partial charge in [-0.05, 0) is 72.8 Å². The minimum Gasteiger partial charge on any atom is -0.240 e. The van der Waals surface area contributed by atoms with Crippen molar-refractivity contribution >= 4 is 37.0 Å². The van der Waals surface area contributed by atoms with Gasteiger partial charge < -0.3 is 0 Å². The molecule has 0 bridgehead atoms. The lowest BCUT2D eigenvalue weighted by molar-refractivity contribution is 0.589. The standard InChI is InChI=1S/C28H18BrFN4O2S/c29-20-12-16-23(17-13-20)37(35,36)34-26-9-5-4-8-25(26)31-28(34)24-18-33(22-6-2-1-3-7-22)32-27(24)19-10-14-21(30)15-11-19/h1-18H. The second-order valence-electron chi connectivity index (χ2n) is 8.33. The molecule has 2 heterocycles. The van der Waals surface area contributed by atoms with Gasteiger partial charge in [-0.25, -0.2) is 26.4 Å². The number of hydrogen-bond donors (Lipinski definition) is 0. The molecule has 0 aliphatic heterocycles. The number of fused-ring (bicyclic) bond motifs is 1. The van der Waals surface area contributed by atoms with E-state index in [4.69, 9.17) is 10.1 Å². The minimum absolute atomic E-state index is 0.124. The first-order valence-electron chi connectivity index (χ1n) is 11.3. The molecule has 6 rings (SSSR count). The van der Waals surface area contributed by atoms with Crippen molar-refractivity contribution in [1.82, 2.24) is 18.7 Å². The lowest BCUT2D eigenvalue weighted by Gasteiger charge is -2.11. The fourth-order valence-corrected chi connectivity index (χ4v) is 5.94. The predicted molar refractivity (Wildman–Crippen MR) is 144 cm³/mol. The Kier molecular flexibility index (Phi) is 5.73. The van der Waals surface area contributed by atoms with Crippen LogP contribution in [0.4, 0.5) is 4.39 Å². The van der Waals surface area contributed by atoms with Gasteiger partial charge in [-0.1, -0.05) is 46.3 Å². The number of benzene rings is 4. The summed E-state index contributed by atoms with van der Waals surface area (Å²) in [6.07, 6.45) is 1.75. The van der Waals surface area contributed by atoms with Crippen molar-refractivity contribution < 1.29 is 12.8 Å². The van der Waals surface area contributed by atoms with Crippen LogP contribution in [-0.4, -0.2) is 27.2 Å². The topological polar surface area (TPSA) is 69.8 Å². The van der Waals surface area contributed by atoms with E-state index in [1.54, 1.807) is 65.5 Å². The summed E-state index contributed by atoms with van der Waals surface area (Å²) in [5, 5.41) is 4.77. The number of para-hydroxylation sites is 3. The summed E-state index contributed by atoms with van der Waals surface area (Å²) in [6, 6.07) is 28.9. The van der Waals surface area contributed by atoms with Crippen molar-refractivity contribution in [2.75, 3.05) is 0 Å². The molecular weight excluding hydrogens is 555 g/mol. The summed E-state index contributed by atoms with van der Waals surface area (Å²) in [5.41, 5.74) is 3.36. The van der Waals surface area contributed by atoms with Crippen LogP contribution in [0.5, 0.6) is 0 Å². The van der Waals surface area contributed by atoms with Crippen molar-refractivity contribution in [2.45, 2.75) is 4.90 Å². The maximum Gasteiger partial charge on any atom is 0.269 e. The van der Waals surface area contributed by atoms with Crippen molar-refractivity contribution in [3.05, 3.63) is 120 Å². The summed E-state index contributed by atoms with van der Waals surface area (Å²) in [5.74, 6) is -0.163. The lowest BCUT2D eigenvalue weighted by atomic mass is 10.1. The highest BCUT2D eigenvalue weighted by Crippen LogP contribution is 2.36. The fraction of sp³-hybridized carbons (Fsp3) is 0. The van der Waals surface area contributed by atoms with E-state index in [0.29, 0.717) is 27.9 Å². The molecule has 0 aliphatic carbocycles. The molecule has 0 aliphatic rings. The second-order valence-corrected chi connectivity index (χ2v) is 11.0. The molecule has 4 aromatic carbocycles. The largest absolute Gasteiger partial charge is 0.269 e. The third kappa shape index (κ3) is 4.16. The number of imidazole rings is 1. The minimum atomic E-state index is -4.04. The number of nitrogens with zero attached hydrogens (tertiary/aromatic N) is 4. The zero-order valence-corrected chi connectivity index (χ0v) is 21.6. The van der Waals surface area contributed by atoms with Gasteiger partial charge in [0.25, 0.3) is 10.0 Å². The quantitative estimate of drug-likeness (QED) is 0.230. The van der Waals surface area contributed by atoms with Crippen LogP contribution in [0.2, 0.25) is 0 Å². The first-order valence-corrected chi connectivity index (χ1v) is 13.6. The van der Waals surface area contributed by atoms with E-state index >= 15 is 0 Å². The van der Waals surface area contributed by atoms with Crippen LogP contribution in [0.3, 0.4) is 0 Å². The van der Waals surface area contributed by atoms with E-state index in [1.165, 1.54) is 16.1 Å². The first kappa shape index (κ1) is 23.3. The predicted octanol–water partition coefficient (Wildman–Crippen LogP) is 6.69. The third-order valence-electron chi connectivity index (χ3n) is 5.96. The molecule has 0 unspecified atom stereocenters. The molecule has 0 saturated carbocycles. The van der Waals surface area contributed by atoms with Crippen molar-refractivity contribution in [2.24, 2.45) is 0 Å². The Morgan fingerprint density at radius 1 is 0.784 bits per heavy atom. The van der Waals surface area contributed by atoms with Crippen LogP contribution < -0.4 is 0 Å². The Labute approximate surface area is 220 Å². The molecule has 0 radical (unpaired) electrons. The highest BCUT2D eigenvalue weighted by atomic mass is 79.9. The second kappa shape index (κ2) is 9.10. The Morgan fingerprint density at radius 3 is 2.19 bits per heavy atom. The van der Waals surface area contributed by atoms with Crippen LogP contribution in [0.25, 0.3) is 39.4 Å². The van der Waals surface area contributed by atoms with Gasteiger partial charge in [-0.15, -0.1) is 0 Å². The maximum atomic E-state index is 14.0. The van der Waals surface area contributed by atoms with E-state index in [0.717, 1.165) is 10.2 Å². The van der Waals surface area contributed by atoms with E-state index in [2.05, 4.69) is 15.9 Å². The van der Waals surface area contributed by atoms with Crippen LogP contribution in [0.15, 0.2) is 119 Å². The van der Waals surface area contributed by atoms with E-state index < -0.39 is 10.0 Å². The van der Waals surface area contributed by atoms with E-state index in [1.807, 2.05) is 36.4 Å². The normalized spacial score (nSPS) is 11.7.